The Kier molecular flexibility index (Phi) is 4.82. The average Bonchev–Trinajstić information content (AvgIpc) is 2.81. The molecule has 26 heavy (non-hydrogen) atoms. The molecule has 138 valence electrons. The number of rotatable bonds is 4. The highest BCUT2D eigenvalue weighted by Crippen LogP contribution is 2.33. The first-order chi connectivity index (χ1) is 12.3. The van der Waals surface area contributed by atoms with Crippen LogP contribution in [-0.4, -0.2) is 39.8 Å². The lowest BCUT2D eigenvalue weighted by Gasteiger charge is -2.30. The van der Waals surface area contributed by atoms with Gasteiger partial charge in [-0.3, -0.25) is 24.6 Å². The number of urea groups is 1. The van der Waals surface area contributed by atoms with Crippen molar-refractivity contribution in [1.29, 1.82) is 0 Å². The van der Waals surface area contributed by atoms with Gasteiger partial charge in [-0.25, -0.2) is 4.79 Å². The predicted octanol–water partition coefficient (Wildman–Crippen LogP) is 2.44. The molecule has 9 nitrogen and oxygen atoms in total. The molecule has 0 radical (unpaired) electrons. The second-order valence-corrected chi connectivity index (χ2v) is 6.84. The van der Waals surface area contributed by atoms with Gasteiger partial charge < -0.3 is 10.6 Å². The van der Waals surface area contributed by atoms with Gasteiger partial charge in [0.25, 0.3) is 11.6 Å². The number of nitrogens with zero attached hydrogens (tertiary/aromatic N) is 2. The molecule has 1 aromatic rings. The van der Waals surface area contributed by atoms with E-state index in [0.29, 0.717) is 12.8 Å². The molecular weight excluding hydrogens is 364 g/mol. The SMILES string of the molecule is O=C(CN1C(=O)NC2(CCCCC2)C1=O)Nc1cc([N+](=O)[O-])ccc1Cl. The lowest BCUT2D eigenvalue weighted by Crippen LogP contribution is -2.48. The Bertz CT molecular complexity index is 791. The van der Waals surface area contributed by atoms with Crippen molar-refractivity contribution in [3.8, 4) is 0 Å². The monoisotopic (exact) mass is 380 g/mol. The van der Waals surface area contributed by atoms with Crippen LogP contribution in [0.3, 0.4) is 0 Å². The van der Waals surface area contributed by atoms with Crippen LogP contribution in [0.15, 0.2) is 18.2 Å². The lowest BCUT2D eigenvalue weighted by atomic mass is 9.82. The Labute approximate surface area is 153 Å². The Hall–Kier alpha value is -2.68. The zero-order valence-corrected chi connectivity index (χ0v) is 14.5. The van der Waals surface area contributed by atoms with Gasteiger partial charge in [0.05, 0.1) is 15.6 Å². The molecule has 4 amide bonds. The number of hydrogen-bond donors (Lipinski definition) is 2. The van der Waals surface area contributed by atoms with Crippen LogP contribution >= 0.6 is 11.6 Å². The summed E-state index contributed by atoms with van der Waals surface area (Å²) in [4.78, 5) is 48.1. The Morgan fingerprint density at radius 1 is 1.31 bits per heavy atom. The number of nitro groups is 1. The molecule has 0 aromatic heterocycles. The van der Waals surface area contributed by atoms with Crippen molar-refractivity contribution in [2.75, 3.05) is 11.9 Å². The molecule has 0 bridgehead atoms. The van der Waals surface area contributed by atoms with Crippen molar-refractivity contribution in [1.82, 2.24) is 10.2 Å². The highest BCUT2D eigenvalue weighted by atomic mass is 35.5. The summed E-state index contributed by atoms with van der Waals surface area (Å²) in [5.74, 6) is -1.06. The number of amides is 4. The summed E-state index contributed by atoms with van der Waals surface area (Å²) in [6, 6.07) is 3.02. The summed E-state index contributed by atoms with van der Waals surface area (Å²) in [6.45, 7) is -0.481. The zero-order valence-electron chi connectivity index (χ0n) is 13.8. The largest absolute Gasteiger partial charge is 0.325 e. The van der Waals surface area contributed by atoms with Crippen LogP contribution in [0.25, 0.3) is 0 Å². The van der Waals surface area contributed by atoms with Gasteiger partial charge in [0, 0.05) is 12.1 Å². The van der Waals surface area contributed by atoms with Gasteiger partial charge >= 0.3 is 6.03 Å². The van der Waals surface area contributed by atoms with Crippen LogP contribution in [0.4, 0.5) is 16.2 Å². The van der Waals surface area contributed by atoms with Crippen LogP contribution in [0.1, 0.15) is 32.1 Å². The molecule has 1 saturated heterocycles. The number of halogens is 1. The molecule has 1 spiro atoms. The van der Waals surface area contributed by atoms with Gasteiger partial charge in [-0.15, -0.1) is 0 Å². The van der Waals surface area contributed by atoms with Crippen LogP contribution in [0.5, 0.6) is 0 Å². The molecule has 2 N–H and O–H groups in total. The summed E-state index contributed by atoms with van der Waals surface area (Å²) in [5, 5.41) is 16.1. The van der Waals surface area contributed by atoms with Crippen molar-refractivity contribution < 1.29 is 19.3 Å². The van der Waals surface area contributed by atoms with Crippen molar-refractivity contribution in [2.24, 2.45) is 0 Å². The molecule has 0 unspecified atom stereocenters. The molecule has 1 aliphatic heterocycles. The molecule has 10 heteroatoms. The maximum Gasteiger partial charge on any atom is 0.325 e. The number of hydrogen-bond acceptors (Lipinski definition) is 5. The summed E-state index contributed by atoms with van der Waals surface area (Å²) >= 11 is 5.94. The molecule has 3 rings (SSSR count). The lowest BCUT2D eigenvalue weighted by molar-refractivity contribution is -0.384. The fourth-order valence-electron chi connectivity index (χ4n) is 3.37. The van der Waals surface area contributed by atoms with Gasteiger partial charge in [-0.05, 0) is 18.9 Å². The summed E-state index contributed by atoms with van der Waals surface area (Å²) in [5.41, 5.74) is -1.09. The van der Waals surface area contributed by atoms with Crippen LogP contribution in [0.2, 0.25) is 5.02 Å². The highest BCUT2D eigenvalue weighted by Gasteiger charge is 2.51. The Balaban J connectivity index is 1.70. The Morgan fingerprint density at radius 2 is 2.00 bits per heavy atom. The number of anilines is 1. The van der Waals surface area contributed by atoms with E-state index >= 15 is 0 Å². The van der Waals surface area contributed by atoms with E-state index in [1.54, 1.807) is 0 Å². The topological polar surface area (TPSA) is 122 Å². The Morgan fingerprint density at radius 3 is 2.65 bits per heavy atom. The van der Waals surface area contributed by atoms with Gasteiger partial charge in [0.1, 0.15) is 12.1 Å². The van der Waals surface area contributed by atoms with Gasteiger partial charge in [-0.1, -0.05) is 30.9 Å². The smallest absolute Gasteiger partial charge is 0.323 e. The first-order valence-corrected chi connectivity index (χ1v) is 8.58. The summed E-state index contributed by atoms with van der Waals surface area (Å²) in [6.07, 6.45) is 3.82. The summed E-state index contributed by atoms with van der Waals surface area (Å²) < 4.78 is 0. The van der Waals surface area contributed by atoms with Gasteiger partial charge in [0.15, 0.2) is 0 Å². The van der Waals surface area contributed by atoms with E-state index in [1.807, 2.05) is 0 Å². The molecule has 1 aromatic carbocycles. The third kappa shape index (κ3) is 3.34. The number of nitro benzene ring substituents is 1. The summed E-state index contributed by atoms with van der Waals surface area (Å²) in [7, 11) is 0. The van der Waals surface area contributed by atoms with Crippen molar-refractivity contribution in [2.45, 2.75) is 37.6 Å². The third-order valence-corrected chi connectivity index (χ3v) is 5.02. The first-order valence-electron chi connectivity index (χ1n) is 8.20. The average molecular weight is 381 g/mol. The molecule has 1 aliphatic carbocycles. The normalized spacial score (nSPS) is 18.7. The van der Waals surface area contributed by atoms with Crippen molar-refractivity contribution in [3.05, 3.63) is 33.3 Å². The molecule has 2 aliphatic rings. The number of non-ortho nitro benzene ring substituents is 1. The minimum Gasteiger partial charge on any atom is -0.323 e. The molecular formula is C16H17ClN4O5. The van der Waals surface area contributed by atoms with Crippen LogP contribution < -0.4 is 10.6 Å². The number of carbonyl (C=O) groups excluding carboxylic acids is 3. The van der Waals surface area contributed by atoms with E-state index in [1.165, 1.54) is 12.1 Å². The van der Waals surface area contributed by atoms with Crippen LogP contribution in [-0.2, 0) is 9.59 Å². The minimum absolute atomic E-state index is 0.0466. The quantitative estimate of drug-likeness (QED) is 0.472. The number of carbonyl (C=O) groups is 3. The van der Waals surface area contributed by atoms with Gasteiger partial charge in [0.2, 0.25) is 5.91 Å². The van der Waals surface area contributed by atoms with Crippen molar-refractivity contribution >= 4 is 40.8 Å². The standard InChI is InChI=1S/C16H17ClN4O5/c17-11-5-4-10(21(25)26)8-12(11)18-13(22)9-20-14(23)16(19-15(20)24)6-2-1-3-7-16/h4-5,8H,1-3,6-7,9H2,(H,18,22)(H,19,24). The number of benzene rings is 1. The van der Waals surface area contributed by atoms with E-state index in [-0.39, 0.29) is 16.4 Å². The first kappa shape index (κ1) is 18.1. The maximum atomic E-state index is 12.6. The fourth-order valence-corrected chi connectivity index (χ4v) is 3.53. The zero-order chi connectivity index (χ0) is 18.9. The number of imide groups is 1. The number of nitrogens with one attached hydrogen (secondary N) is 2. The van der Waals surface area contributed by atoms with E-state index in [9.17, 15) is 24.5 Å². The maximum absolute atomic E-state index is 12.6. The van der Waals surface area contributed by atoms with Gasteiger partial charge in [-0.2, -0.15) is 0 Å². The van der Waals surface area contributed by atoms with E-state index in [0.717, 1.165) is 30.2 Å². The highest BCUT2D eigenvalue weighted by molar-refractivity contribution is 6.33. The second-order valence-electron chi connectivity index (χ2n) is 6.43. The van der Waals surface area contributed by atoms with Crippen LogP contribution in [0, 0.1) is 10.1 Å². The molecule has 0 atom stereocenters. The molecule has 1 saturated carbocycles. The molecule has 2 fully saturated rings. The van der Waals surface area contributed by atoms with E-state index < -0.39 is 34.9 Å². The van der Waals surface area contributed by atoms with E-state index in [2.05, 4.69) is 10.6 Å². The fraction of sp³-hybridized carbons (Fsp3) is 0.438. The van der Waals surface area contributed by atoms with E-state index in [4.69, 9.17) is 11.6 Å². The second kappa shape index (κ2) is 6.91. The van der Waals surface area contributed by atoms with Crippen molar-refractivity contribution in [3.63, 3.8) is 0 Å². The third-order valence-electron chi connectivity index (χ3n) is 4.69. The minimum atomic E-state index is -0.904. The molecule has 1 heterocycles. The predicted molar refractivity (Wildman–Crippen MR) is 92.8 cm³/mol.